The molecule has 6 nitrogen and oxygen atoms in total. The second kappa shape index (κ2) is 7.97. The fourth-order valence-electron chi connectivity index (χ4n) is 2.64. The SMILES string of the molecule is COc1cc(CO[Si](C)(C)c2c(F)cc(F)cc2F)c([N+](=O)[O-])cc1OC. The minimum atomic E-state index is -3.19. The third-order valence-electron chi connectivity index (χ3n) is 3.98. The fraction of sp³-hybridized carbons (Fsp3) is 0.294. The van der Waals surface area contributed by atoms with Gasteiger partial charge in [-0.1, -0.05) is 0 Å². The molecule has 0 radical (unpaired) electrons. The lowest BCUT2D eigenvalue weighted by molar-refractivity contribution is -0.385. The highest BCUT2D eigenvalue weighted by Gasteiger charge is 2.34. The van der Waals surface area contributed by atoms with Gasteiger partial charge >= 0.3 is 0 Å². The van der Waals surface area contributed by atoms with Crippen LogP contribution >= 0.6 is 0 Å². The second-order valence-corrected chi connectivity index (χ2v) is 9.95. The normalized spacial score (nSPS) is 11.4. The molecule has 10 heteroatoms. The molecule has 0 fully saturated rings. The van der Waals surface area contributed by atoms with Crippen LogP contribution in [0.2, 0.25) is 13.1 Å². The van der Waals surface area contributed by atoms with Crippen LogP contribution in [-0.4, -0.2) is 27.5 Å². The number of nitro benzene ring substituents is 1. The summed E-state index contributed by atoms with van der Waals surface area (Å²) in [6.45, 7) is 2.74. The van der Waals surface area contributed by atoms with E-state index in [2.05, 4.69) is 0 Å². The Hall–Kier alpha value is -2.59. The number of nitrogens with zero attached hydrogens (tertiary/aromatic N) is 1. The Morgan fingerprint density at radius 1 is 1.00 bits per heavy atom. The van der Waals surface area contributed by atoms with Crippen molar-refractivity contribution in [3.8, 4) is 11.5 Å². The monoisotopic (exact) mass is 401 g/mol. The molecule has 0 aliphatic rings. The van der Waals surface area contributed by atoms with E-state index >= 15 is 0 Å². The maximum Gasteiger partial charge on any atom is 0.278 e. The molecular formula is C17H18F3NO5Si. The van der Waals surface area contributed by atoms with Crippen molar-refractivity contribution in [2.45, 2.75) is 19.7 Å². The van der Waals surface area contributed by atoms with Crippen molar-refractivity contribution in [1.29, 1.82) is 0 Å². The lowest BCUT2D eigenvalue weighted by Crippen LogP contribution is -2.48. The third kappa shape index (κ3) is 4.39. The standard InChI is InChI=1S/C17H18F3NO5Si/c1-24-15-5-10(14(21(22)23)8-16(15)25-2)9-26-27(3,4)17-12(19)6-11(18)7-13(17)20/h5-8H,9H2,1-4H3. The van der Waals surface area contributed by atoms with Crippen molar-refractivity contribution in [3.63, 3.8) is 0 Å². The minimum Gasteiger partial charge on any atom is -0.493 e. The molecule has 146 valence electrons. The zero-order valence-electron chi connectivity index (χ0n) is 15.1. The van der Waals surface area contributed by atoms with Gasteiger partial charge in [-0.05, 0) is 19.2 Å². The Kier molecular flexibility index (Phi) is 6.11. The maximum atomic E-state index is 14.1. The van der Waals surface area contributed by atoms with E-state index in [1.807, 2.05) is 0 Å². The van der Waals surface area contributed by atoms with Crippen molar-refractivity contribution in [2.75, 3.05) is 14.2 Å². The predicted molar refractivity (Wildman–Crippen MR) is 94.4 cm³/mol. The van der Waals surface area contributed by atoms with Crippen LogP contribution < -0.4 is 14.7 Å². The summed E-state index contributed by atoms with van der Waals surface area (Å²) in [4.78, 5) is 10.7. The van der Waals surface area contributed by atoms with Crippen LogP contribution in [0.15, 0.2) is 24.3 Å². The van der Waals surface area contributed by atoms with Crippen LogP contribution in [0.25, 0.3) is 0 Å². The first kappa shape index (κ1) is 20.7. The molecule has 0 atom stereocenters. The fourth-order valence-corrected chi connectivity index (χ4v) is 4.60. The van der Waals surface area contributed by atoms with Gasteiger partial charge in [0.15, 0.2) is 11.5 Å². The highest BCUT2D eigenvalue weighted by atomic mass is 28.4. The van der Waals surface area contributed by atoms with E-state index < -0.39 is 30.7 Å². The van der Waals surface area contributed by atoms with E-state index in [-0.39, 0.29) is 34.5 Å². The van der Waals surface area contributed by atoms with E-state index in [0.717, 1.165) is 0 Å². The number of hydrogen-bond acceptors (Lipinski definition) is 5. The van der Waals surface area contributed by atoms with Crippen LogP contribution in [0.1, 0.15) is 5.56 Å². The van der Waals surface area contributed by atoms with Crippen molar-refractivity contribution in [2.24, 2.45) is 0 Å². The molecule has 2 rings (SSSR count). The van der Waals surface area contributed by atoms with Gasteiger partial charge in [-0.3, -0.25) is 10.1 Å². The topological polar surface area (TPSA) is 70.8 Å². The van der Waals surface area contributed by atoms with Gasteiger partial charge in [-0.2, -0.15) is 0 Å². The summed E-state index contributed by atoms with van der Waals surface area (Å²) in [5, 5.41) is 11.0. The number of ether oxygens (including phenoxy) is 2. The highest BCUT2D eigenvalue weighted by Crippen LogP contribution is 2.35. The van der Waals surface area contributed by atoms with Crippen LogP contribution in [0.5, 0.6) is 11.5 Å². The molecule has 0 bridgehead atoms. The molecule has 0 saturated carbocycles. The zero-order valence-corrected chi connectivity index (χ0v) is 16.1. The Morgan fingerprint density at radius 2 is 1.52 bits per heavy atom. The van der Waals surface area contributed by atoms with Gasteiger partial charge in [-0.25, -0.2) is 13.2 Å². The largest absolute Gasteiger partial charge is 0.493 e. The molecule has 27 heavy (non-hydrogen) atoms. The van der Waals surface area contributed by atoms with Gasteiger partial charge in [0.1, 0.15) is 17.5 Å². The summed E-state index contributed by atoms with van der Waals surface area (Å²) in [5.74, 6) is -2.72. The lowest BCUT2D eigenvalue weighted by atomic mass is 10.1. The van der Waals surface area contributed by atoms with E-state index in [9.17, 15) is 23.3 Å². The number of nitro groups is 1. The summed E-state index contributed by atoms with van der Waals surface area (Å²) in [6, 6.07) is 3.72. The number of halogens is 3. The molecule has 0 N–H and O–H groups in total. The maximum absolute atomic E-state index is 14.1. The first-order valence-electron chi connectivity index (χ1n) is 7.79. The van der Waals surface area contributed by atoms with Crippen LogP contribution in [0.4, 0.5) is 18.9 Å². The van der Waals surface area contributed by atoms with Gasteiger partial charge in [0.05, 0.1) is 37.4 Å². The van der Waals surface area contributed by atoms with Gasteiger partial charge in [-0.15, -0.1) is 0 Å². The summed E-state index contributed by atoms with van der Waals surface area (Å²) < 4.78 is 57.2. The van der Waals surface area contributed by atoms with Gasteiger partial charge < -0.3 is 13.9 Å². The zero-order chi connectivity index (χ0) is 20.4. The molecule has 0 heterocycles. The van der Waals surface area contributed by atoms with Gasteiger partial charge in [0, 0.05) is 17.3 Å². The summed E-state index contributed by atoms with van der Waals surface area (Å²) in [7, 11) is -0.480. The molecule has 2 aromatic carbocycles. The Bertz CT molecular complexity index is 853. The molecule has 0 spiro atoms. The smallest absolute Gasteiger partial charge is 0.278 e. The Labute approximate surface area is 154 Å². The van der Waals surface area contributed by atoms with Crippen molar-refractivity contribution >= 4 is 19.2 Å². The van der Waals surface area contributed by atoms with Crippen molar-refractivity contribution in [3.05, 3.63) is 57.4 Å². The van der Waals surface area contributed by atoms with Crippen molar-refractivity contribution < 1.29 is 32.0 Å². The van der Waals surface area contributed by atoms with E-state index in [1.54, 1.807) is 0 Å². The number of hydrogen-bond donors (Lipinski definition) is 0. The molecule has 0 aromatic heterocycles. The average Bonchev–Trinajstić information content (AvgIpc) is 2.57. The Balaban J connectivity index is 2.39. The second-order valence-electron chi connectivity index (χ2n) is 6.14. The Morgan fingerprint density at radius 3 is 2.00 bits per heavy atom. The highest BCUT2D eigenvalue weighted by molar-refractivity contribution is 6.84. The first-order chi connectivity index (χ1) is 12.6. The third-order valence-corrected chi connectivity index (χ3v) is 6.53. The van der Waals surface area contributed by atoms with E-state index in [1.165, 1.54) is 39.4 Å². The summed E-state index contributed by atoms with van der Waals surface area (Å²) in [6.07, 6.45) is 0. The summed E-state index contributed by atoms with van der Waals surface area (Å²) >= 11 is 0. The molecule has 2 aromatic rings. The number of benzene rings is 2. The van der Waals surface area contributed by atoms with E-state index in [0.29, 0.717) is 12.1 Å². The predicted octanol–water partition coefficient (Wildman–Crippen LogP) is 3.66. The van der Waals surface area contributed by atoms with Crippen LogP contribution in [-0.2, 0) is 11.0 Å². The average molecular weight is 401 g/mol. The number of rotatable bonds is 7. The first-order valence-corrected chi connectivity index (χ1v) is 10.7. The molecule has 0 aliphatic heterocycles. The van der Waals surface area contributed by atoms with Gasteiger partial charge in [0.2, 0.25) is 8.32 Å². The molecule has 0 unspecified atom stereocenters. The molecule has 0 aliphatic carbocycles. The van der Waals surface area contributed by atoms with Crippen LogP contribution in [0.3, 0.4) is 0 Å². The lowest BCUT2D eigenvalue weighted by Gasteiger charge is -2.24. The van der Waals surface area contributed by atoms with Crippen molar-refractivity contribution in [1.82, 2.24) is 0 Å². The summed E-state index contributed by atoms with van der Waals surface area (Å²) in [5.41, 5.74) is -0.126. The number of methoxy groups -OCH3 is 2. The molecule has 0 amide bonds. The quantitative estimate of drug-likeness (QED) is 0.402. The minimum absolute atomic E-state index is 0.154. The van der Waals surface area contributed by atoms with Crippen LogP contribution in [0, 0.1) is 27.6 Å². The molecular weight excluding hydrogens is 383 g/mol. The molecule has 0 saturated heterocycles. The van der Waals surface area contributed by atoms with Gasteiger partial charge in [0.25, 0.3) is 5.69 Å². The van der Waals surface area contributed by atoms with E-state index in [4.69, 9.17) is 13.9 Å².